The first-order chi connectivity index (χ1) is 21.4. The summed E-state index contributed by atoms with van der Waals surface area (Å²) in [6, 6.07) is 16.5. The SMILES string of the molecule is Cc1cccc(COCC(C)(C)C(O)C(C)(C)CO)c1.Cc1cccc(COCC(C)(C)C(O)C(C)(C)COC2CCCCO2)c1. The molecule has 1 heterocycles. The predicted molar refractivity (Wildman–Crippen MR) is 185 cm³/mol. The van der Waals surface area contributed by atoms with E-state index in [1.54, 1.807) is 0 Å². The molecular formula is C39H64O7. The van der Waals surface area contributed by atoms with Crippen LogP contribution in [-0.2, 0) is 32.2 Å². The van der Waals surface area contributed by atoms with Gasteiger partial charge < -0.3 is 34.3 Å². The van der Waals surface area contributed by atoms with Gasteiger partial charge in [0.2, 0.25) is 0 Å². The van der Waals surface area contributed by atoms with Gasteiger partial charge in [-0.25, -0.2) is 0 Å². The topological polar surface area (TPSA) is 97.6 Å². The molecule has 0 spiro atoms. The van der Waals surface area contributed by atoms with Crippen LogP contribution in [0.2, 0.25) is 0 Å². The van der Waals surface area contributed by atoms with Crippen molar-refractivity contribution in [2.45, 2.75) is 120 Å². The van der Waals surface area contributed by atoms with Crippen LogP contribution in [0.15, 0.2) is 48.5 Å². The largest absolute Gasteiger partial charge is 0.396 e. The van der Waals surface area contributed by atoms with Crippen molar-refractivity contribution in [2.75, 3.05) is 33.0 Å². The number of hydrogen-bond acceptors (Lipinski definition) is 7. The van der Waals surface area contributed by atoms with E-state index >= 15 is 0 Å². The van der Waals surface area contributed by atoms with Gasteiger partial charge in [-0.3, -0.25) is 0 Å². The molecule has 7 heteroatoms. The van der Waals surface area contributed by atoms with E-state index in [1.165, 1.54) is 11.1 Å². The fraction of sp³-hybridized carbons (Fsp3) is 0.692. The third-order valence-corrected chi connectivity index (χ3v) is 8.80. The average Bonchev–Trinajstić information content (AvgIpc) is 3.00. The van der Waals surface area contributed by atoms with Crippen LogP contribution in [-0.4, -0.2) is 66.9 Å². The lowest BCUT2D eigenvalue weighted by Crippen LogP contribution is -2.47. The Labute approximate surface area is 279 Å². The Bertz CT molecular complexity index is 1150. The molecule has 3 unspecified atom stereocenters. The predicted octanol–water partition coefficient (Wildman–Crippen LogP) is 7.39. The highest BCUT2D eigenvalue weighted by molar-refractivity contribution is 5.22. The van der Waals surface area contributed by atoms with Crippen LogP contribution in [0.3, 0.4) is 0 Å². The van der Waals surface area contributed by atoms with E-state index in [0.29, 0.717) is 33.0 Å². The third-order valence-electron chi connectivity index (χ3n) is 8.80. The number of ether oxygens (including phenoxy) is 4. The molecule has 3 atom stereocenters. The van der Waals surface area contributed by atoms with Crippen LogP contribution < -0.4 is 0 Å². The molecule has 0 amide bonds. The summed E-state index contributed by atoms with van der Waals surface area (Å²) in [5, 5.41) is 30.7. The van der Waals surface area contributed by atoms with Gasteiger partial charge in [0.1, 0.15) is 0 Å². The molecule has 2 aromatic carbocycles. The quantitative estimate of drug-likeness (QED) is 0.175. The fourth-order valence-electron chi connectivity index (χ4n) is 6.06. The summed E-state index contributed by atoms with van der Waals surface area (Å²) in [6.45, 7) is 23.2. The van der Waals surface area contributed by atoms with Crippen LogP contribution >= 0.6 is 0 Å². The Kier molecular flexibility index (Phi) is 15.8. The minimum atomic E-state index is -0.627. The van der Waals surface area contributed by atoms with E-state index in [4.69, 9.17) is 18.9 Å². The maximum absolute atomic E-state index is 11.0. The van der Waals surface area contributed by atoms with Gasteiger partial charge in [0.25, 0.3) is 0 Å². The summed E-state index contributed by atoms with van der Waals surface area (Å²) in [5.41, 5.74) is 3.05. The molecule has 0 bridgehead atoms. The van der Waals surface area contributed by atoms with Gasteiger partial charge in [-0.2, -0.15) is 0 Å². The number of hydrogen-bond donors (Lipinski definition) is 3. The molecule has 1 fully saturated rings. The number of aryl methyl sites for hydroxylation is 2. The molecule has 1 aliphatic rings. The average molecular weight is 645 g/mol. The third kappa shape index (κ3) is 13.3. The zero-order chi connectivity index (χ0) is 34.6. The van der Waals surface area contributed by atoms with Crippen molar-refractivity contribution in [1.82, 2.24) is 0 Å². The highest BCUT2D eigenvalue weighted by Gasteiger charge is 2.41. The molecule has 7 nitrogen and oxygen atoms in total. The maximum Gasteiger partial charge on any atom is 0.157 e. The zero-order valence-corrected chi connectivity index (χ0v) is 30.4. The zero-order valence-electron chi connectivity index (χ0n) is 30.4. The van der Waals surface area contributed by atoms with Gasteiger partial charge in [-0.15, -0.1) is 0 Å². The lowest BCUT2D eigenvalue weighted by Gasteiger charge is -2.41. The minimum Gasteiger partial charge on any atom is -0.396 e. The molecule has 46 heavy (non-hydrogen) atoms. The molecule has 0 saturated carbocycles. The first kappa shape index (κ1) is 40.3. The summed E-state index contributed by atoms with van der Waals surface area (Å²) in [4.78, 5) is 0. The Hall–Kier alpha value is -1.84. The monoisotopic (exact) mass is 644 g/mol. The summed E-state index contributed by atoms with van der Waals surface area (Å²) in [6.07, 6.45) is 1.89. The smallest absolute Gasteiger partial charge is 0.157 e. The van der Waals surface area contributed by atoms with Crippen molar-refractivity contribution >= 4 is 0 Å². The molecule has 0 aliphatic carbocycles. The molecule has 2 aromatic rings. The Morgan fingerprint density at radius 2 is 1.15 bits per heavy atom. The van der Waals surface area contributed by atoms with Crippen molar-refractivity contribution in [2.24, 2.45) is 21.7 Å². The van der Waals surface area contributed by atoms with Crippen LogP contribution in [0.4, 0.5) is 0 Å². The molecule has 0 radical (unpaired) electrons. The summed E-state index contributed by atoms with van der Waals surface area (Å²) in [5.74, 6) is 0. The second-order valence-electron chi connectivity index (χ2n) is 16.0. The Morgan fingerprint density at radius 3 is 1.57 bits per heavy atom. The highest BCUT2D eigenvalue weighted by atomic mass is 16.7. The van der Waals surface area contributed by atoms with E-state index in [-0.39, 0.29) is 23.7 Å². The van der Waals surface area contributed by atoms with Gasteiger partial charge in [0, 0.05) is 28.3 Å². The van der Waals surface area contributed by atoms with E-state index in [1.807, 2.05) is 73.6 Å². The van der Waals surface area contributed by atoms with Crippen molar-refractivity contribution in [3.05, 3.63) is 70.8 Å². The van der Waals surface area contributed by atoms with Crippen LogP contribution in [0.25, 0.3) is 0 Å². The van der Waals surface area contributed by atoms with Crippen molar-refractivity contribution in [1.29, 1.82) is 0 Å². The highest BCUT2D eigenvalue weighted by Crippen LogP contribution is 2.36. The molecule has 0 aromatic heterocycles. The van der Waals surface area contributed by atoms with Gasteiger partial charge in [0.15, 0.2) is 6.29 Å². The van der Waals surface area contributed by atoms with Crippen molar-refractivity contribution in [3.8, 4) is 0 Å². The standard InChI is InChI=1S/C22H36O4.C17H28O3/c1-17-9-8-10-18(13-17)14-24-15-21(2,3)20(23)22(4,5)16-26-19-11-6-7-12-25-19;1-13-7-6-8-14(9-13)10-20-12-17(4,5)15(19)16(2,3)11-18/h8-10,13,19-20,23H,6-7,11-12,14-16H2,1-5H3;6-9,15,18-19H,10-12H2,1-5H3. The van der Waals surface area contributed by atoms with Gasteiger partial charge in [0.05, 0.1) is 51.8 Å². The first-order valence-corrected chi connectivity index (χ1v) is 16.9. The van der Waals surface area contributed by atoms with E-state index in [9.17, 15) is 15.3 Å². The number of benzene rings is 2. The van der Waals surface area contributed by atoms with Gasteiger partial charge in [-0.05, 0) is 44.2 Å². The van der Waals surface area contributed by atoms with Crippen LogP contribution in [0.1, 0.15) is 96.9 Å². The second kappa shape index (κ2) is 18.1. The lowest BCUT2D eigenvalue weighted by atomic mass is 9.72. The summed E-state index contributed by atoms with van der Waals surface area (Å²) in [7, 11) is 0. The minimum absolute atomic E-state index is 0.0462. The van der Waals surface area contributed by atoms with Crippen LogP contribution in [0.5, 0.6) is 0 Å². The number of aliphatic hydroxyl groups is 3. The first-order valence-electron chi connectivity index (χ1n) is 16.9. The summed E-state index contributed by atoms with van der Waals surface area (Å²) < 4.78 is 23.2. The van der Waals surface area contributed by atoms with Crippen LogP contribution in [0, 0.1) is 35.5 Å². The van der Waals surface area contributed by atoms with Gasteiger partial charge in [-0.1, -0.05) is 115 Å². The summed E-state index contributed by atoms with van der Waals surface area (Å²) >= 11 is 0. The molecule has 3 N–H and O–H groups in total. The molecule has 1 aliphatic heterocycles. The van der Waals surface area contributed by atoms with E-state index < -0.39 is 23.0 Å². The molecule has 1 saturated heterocycles. The normalized spacial score (nSPS) is 17.6. The lowest BCUT2D eigenvalue weighted by molar-refractivity contribution is -0.194. The second-order valence-corrected chi connectivity index (χ2v) is 16.0. The Balaban J connectivity index is 0.000000332. The number of rotatable bonds is 16. The Morgan fingerprint density at radius 1 is 0.696 bits per heavy atom. The molecule has 262 valence electrons. The maximum atomic E-state index is 11.0. The molecular weight excluding hydrogens is 580 g/mol. The fourth-order valence-corrected chi connectivity index (χ4v) is 6.06. The van der Waals surface area contributed by atoms with Gasteiger partial charge >= 0.3 is 0 Å². The molecule has 3 rings (SSSR count). The number of aliphatic hydroxyl groups excluding tert-OH is 3. The van der Waals surface area contributed by atoms with Crippen molar-refractivity contribution in [3.63, 3.8) is 0 Å². The van der Waals surface area contributed by atoms with E-state index in [2.05, 4.69) is 44.2 Å². The van der Waals surface area contributed by atoms with E-state index in [0.717, 1.165) is 37.0 Å². The van der Waals surface area contributed by atoms with Crippen molar-refractivity contribution < 1.29 is 34.3 Å².